The topological polar surface area (TPSA) is 277 Å². The molecule has 2 heterocycles. The number of carbonyl (C=O) groups is 1. The second kappa shape index (κ2) is 14.7. The molecule has 2 aliphatic carbocycles. The maximum atomic E-state index is 12.7. The van der Waals surface area contributed by atoms with Crippen LogP contribution in [-0.2, 0) is 14.2 Å². The molecule has 2 saturated heterocycles. The molecule has 4 rings (SSSR count). The van der Waals surface area contributed by atoms with Crippen molar-refractivity contribution in [2.75, 3.05) is 32.8 Å². The summed E-state index contributed by atoms with van der Waals surface area (Å²) in [6, 6.07) is -2.65. The molecule has 0 radical (unpaired) electrons. The molecule has 13 atom stereocenters. The zero-order chi connectivity index (χ0) is 30.7. The predicted molar refractivity (Wildman–Crippen MR) is 149 cm³/mol. The highest BCUT2D eigenvalue weighted by atomic mass is 16.7. The number of amides is 2. The van der Waals surface area contributed by atoms with E-state index in [0.29, 0.717) is 23.9 Å². The number of rotatable bonds is 10. The molecule has 4 fully saturated rings. The van der Waals surface area contributed by atoms with Crippen molar-refractivity contribution in [3.63, 3.8) is 0 Å². The number of nitrogens with zero attached hydrogens (tertiary/aromatic N) is 1. The van der Waals surface area contributed by atoms with Gasteiger partial charge in [0.2, 0.25) is 0 Å². The summed E-state index contributed by atoms with van der Waals surface area (Å²) in [7, 11) is 0. The second-order valence-corrected chi connectivity index (χ2v) is 12.4. The Morgan fingerprint density at radius 1 is 1.02 bits per heavy atom. The molecule has 15 N–H and O–H groups in total. The van der Waals surface area contributed by atoms with E-state index >= 15 is 0 Å². The first-order chi connectivity index (χ1) is 19.9. The van der Waals surface area contributed by atoms with Gasteiger partial charge in [0.25, 0.3) is 0 Å². The summed E-state index contributed by atoms with van der Waals surface area (Å²) in [6.07, 6.45) is -5.75. The smallest absolute Gasteiger partial charge is 0.341 e. The minimum atomic E-state index is -1.33. The highest BCUT2D eigenvalue weighted by Gasteiger charge is 2.53. The van der Waals surface area contributed by atoms with Crippen molar-refractivity contribution >= 4 is 6.03 Å². The first-order valence-corrected chi connectivity index (χ1v) is 15.0. The zero-order valence-corrected chi connectivity index (χ0v) is 24.1. The van der Waals surface area contributed by atoms with Crippen molar-refractivity contribution in [3.8, 4) is 0 Å². The van der Waals surface area contributed by atoms with Crippen LogP contribution in [0.25, 0.3) is 0 Å². The van der Waals surface area contributed by atoms with Gasteiger partial charge < -0.3 is 68.2 Å². The normalized spacial score (nSPS) is 46.1. The Balaban J connectivity index is 1.57. The molecule has 16 nitrogen and oxygen atoms in total. The van der Waals surface area contributed by atoms with Gasteiger partial charge in [-0.05, 0) is 38.1 Å². The zero-order valence-electron chi connectivity index (χ0n) is 24.1. The number of nitrogens with one attached hydrogen (secondary N) is 2. The average Bonchev–Trinajstić information content (AvgIpc) is 2.93. The summed E-state index contributed by atoms with van der Waals surface area (Å²) in [5, 5.41) is 60.1. The summed E-state index contributed by atoms with van der Waals surface area (Å²) in [6.45, 7) is 2.18. The van der Waals surface area contributed by atoms with Gasteiger partial charge in [-0.2, -0.15) is 0 Å². The van der Waals surface area contributed by atoms with Crippen molar-refractivity contribution in [2.45, 2.75) is 106 Å². The lowest BCUT2D eigenvalue weighted by Crippen LogP contribution is -2.69. The number of hydrogen-bond donors (Lipinski definition) is 11. The van der Waals surface area contributed by atoms with Crippen LogP contribution in [0.4, 0.5) is 4.79 Å². The number of urea groups is 1. The molecule has 2 aliphatic heterocycles. The van der Waals surface area contributed by atoms with E-state index in [1.807, 2.05) is 0 Å². The fourth-order valence-corrected chi connectivity index (χ4v) is 6.68. The number of hydroxylamine groups is 2. The summed E-state index contributed by atoms with van der Waals surface area (Å²) in [5.74, 6) is -0.915. The van der Waals surface area contributed by atoms with Gasteiger partial charge in [0.05, 0.1) is 49.7 Å². The number of hydrogen-bond acceptors (Lipinski definition) is 14. The molecule has 0 aromatic rings. The third-order valence-electron chi connectivity index (χ3n) is 9.38. The summed E-state index contributed by atoms with van der Waals surface area (Å²) in [4.78, 5) is 12.7. The Bertz CT molecular complexity index is 874. The van der Waals surface area contributed by atoms with Gasteiger partial charge in [-0.15, -0.1) is 0 Å². The molecule has 244 valence electrons. The van der Waals surface area contributed by atoms with E-state index < -0.39 is 79.0 Å². The molecule has 13 unspecified atom stereocenters. The molecule has 42 heavy (non-hydrogen) atoms. The van der Waals surface area contributed by atoms with Crippen LogP contribution < -0.4 is 33.6 Å². The fraction of sp³-hybridized carbons (Fsp3) is 0.962. The Morgan fingerprint density at radius 3 is 2.38 bits per heavy atom. The van der Waals surface area contributed by atoms with Gasteiger partial charge in [-0.1, -0.05) is 6.92 Å². The van der Waals surface area contributed by atoms with E-state index in [0.717, 1.165) is 12.8 Å². The van der Waals surface area contributed by atoms with Gasteiger partial charge in [0, 0.05) is 43.1 Å². The summed E-state index contributed by atoms with van der Waals surface area (Å²) >= 11 is 0. The van der Waals surface area contributed by atoms with Crippen LogP contribution in [0.1, 0.15) is 32.6 Å². The number of aliphatic hydroxyl groups excluding tert-OH is 4. The van der Waals surface area contributed by atoms with Crippen LogP contribution in [0.2, 0.25) is 0 Å². The molecule has 0 bridgehead atoms. The third-order valence-corrected chi connectivity index (χ3v) is 9.38. The Morgan fingerprint density at radius 2 is 1.74 bits per heavy atom. The molecule has 2 amide bonds. The Kier molecular flexibility index (Phi) is 11.8. The van der Waals surface area contributed by atoms with Crippen LogP contribution >= 0.6 is 0 Å². The molecule has 2 saturated carbocycles. The van der Waals surface area contributed by atoms with E-state index in [4.69, 9.17) is 37.1 Å². The highest BCUT2D eigenvalue weighted by Crippen LogP contribution is 2.37. The maximum absolute atomic E-state index is 12.7. The van der Waals surface area contributed by atoms with E-state index in [1.165, 1.54) is 0 Å². The molecule has 0 aromatic heterocycles. The number of nitrogens with two attached hydrogens (primary N) is 4. The average molecular weight is 606 g/mol. The molecule has 0 aromatic carbocycles. The van der Waals surface area contributed by atoms with Crippen molar-refractivity contribution in [2.24, 2.45) is 40.7 Å². The Hall–Kier alpha value is -1.25. The van der Waals surface area contributed by atoms with Gasteiger partial charge >= 0.3 is 6.03 Å². The van der Waals surface area contributed by atoms with E-state index in [9.17, 15) is 30.4 Å². The molecule has 4 aliphatic rings. The standard InChI is InChI=1S/C26H51N7O9/c1-11-18(35)10-40-25(21(11)36)42-24-16(32-26(38)33(39)3-2-27)6-14(30)20(22(24)37)23-15(7-17(34)19(8-28)41-23)31-9-12-4-13(29)5-12/h11-25,31,34-37,39H,2-10,27-30H2,1H3,(H,32,38). The van der Waals surface area contributed by atoms with Gasteiger partial charge in [-0.25, -0.2) is 9.86 Å². The quantitative estimate of drug-likeness (QED) is 0.0830. The monoisotopic (exact) mass is 605 g/mol. The highest BCUT2D eigenvalue weighted by molar-refractivity contribution is 5.73. The third kappa shape index (κ3) is 7.51. The summed E-state index contributed by atoms with van der Waals surface area (Å²) < 4.78 is 18.0. The maximum Gasteiger partial charge on any atom is 0.341 e. The minimum absolute atomic E-state index is 0.0232. The lowest BCUT2D eigenvalue weighted by atomic mass is 9.71. The van der Waals surface area contributed by atoms with Gasteiger partial charge in [-0.3, -0.25) is 5.21 Å². The minimum Gasteiger partial charge on any atom is -0.390 e. The SMILES string of the molecule is CC1C(O)COC(OC2C(NC(=O)N(O)CCN)CC(N)C(C3OC(CN)C(O)CC3NCC3CC(N)C3)C2O)C1O. The lowest BCUT2D eigenvalue weighted by Gasteiger charge is -2.52. The van der Waals surface area contributed by atoms with E-state index in [2.05, 4.69) is 10.6 Å². The van der Waals surface area contributed by atoms with Crippen LogP contribution in [0, 0.1) is 17.8 Å². The molecule has 0 spiro atoms. The van der Waals surface area contributed by atoms with E-state index in [1.54, 1.807) is 6.92 Å². The Labute approximate surface area is 245 Å². The fourth-order valence-electron chi connectivity index (χ4n) is 6.68. The molecular weight excluding hydrogens is 554 g/mol. The molecular formula is C26H51N7O9. The van der Waals surface area contributed by atoms with E-state index in [-0.39, 0.29) is 44.7 Å². The first kappa shape index (κ1) is 33.6. The van der Waals surface area contributed by atoms with Crippen molar-refractivity contribution in [1.82, 2.24) is 15.7 Å². The summed E-state index contributed by atoms with van der Waals surface area (Å²) in [5.41, 5.74) is 24.0. The van der Waals surface area contributed by atoms with Crippen molar-refractivity contribution < 1.29 is 44.6 Å². The van der Waals surface area contributed by atoms with Crippen LogP contribution in [-0.4, -0.2) is 143 Å². The van der Waals surface area contributed by atoms with Gasteiger partial charge in [0.15, 0.2) is 6.29 Å². The second-order valence-electron chi connectivity index (χ2n) is 12.4. The van der Waals surface area contributed by atoms with Crippen LogP contribution in [0.3, 0.4) is 0 Å². The molecule has 16 heteroatoms. The largest absolute Gasteiger partial charge is 0.390 e. The first-order valence-electron chi connectivity index (χ1n) is 15.0. The van der Waals surface area contributed by atoms with Crippen LogP contribution in [0.5, 0.6) is 0 Å². The number of carbonyl (C=O) groups excluding carboxylic acids is 1. The lowest BCUT2D eigenvalue weighted by molar-refractivity contribution is -0.291. The van der Waals surface area contributed by atoms with Crippen LogP contribution in [0.15, 0.2) is 0 Å². The van der Waals surface area contributed by atoms with Crippen molar-refractivity contribution in [1.29, 1.82) is 0 Å². The van der Waals surface area contributed by atoms with Gasteiger partial charge in [0.1, 0.15) is 12.2 Å². The number of aliphatic hydroxyl groups is 4. The predicted octanol–water partition coefficient (Wildman–Crippen LogP) is -4.31. The van der Waals surface area contributed by atoms with Crippen molar-refractivity contribution in [3.05, 3.63) is 0 Å². The number of ether oxygens (including phenoxy) is 3.